The number of carbonyl (C=O) groups is 2. The SMILES string of the molecule is O=C(O)c1ccccc1C(=O)c1ccc2ccc3cccc4ccc1c2c34. The van der Waals surface area contributed by atoms with Gasteiger partial charge in [0.2, 0.25) is 0 Å². The minimum absolute atomic E-state index is 0.0215. The van der Waals surface area contributed by atoms with Crippen LogP contribution in [0.3, 0.4) is 0 Å². The van der Waals surface area contributed by atoms with E-state index in [1.54, 1.807) is 24.3 Å². The Balaban J connectivity index is 1.84. The van der Waals surface area contributed by atoms with Crippen molar-refractivity contribution in [2.75, 3.05) is 0 Å². The molecule has 3 nitrogen and oxygen atoms in total. The first-order valence-electron chi connectivity index (χ1n) is 8.69. The zero-order valence-corrected chi connectivity index (χ0v) is 14.3. The average Bonchev–Trinajstić information content (AvgIpc) is 2.71. The summed E-state index contributed by atoms with van der Waals surface area (Å²) >= 11 is 0. The Bertz CT molecular complexity index is 1350. The molecule has 5 rings (SSSR count). The van der Waals surface area contributed by atoms with Gasteiger partial charge in [0.05, 0.1) is 5.56 Å². The lowest BCUT2D eigenvalue weighted by atomic mass is 9.89. The number of rotatable bonds is 3. The quantitative estimate of drug-likeness (QED) is 0.345. The third-order valence-corrected chi connectivity index (χ3v) is 5.18. The predicted molar refractivity (Wildman–Crippen MR) is 107 cm³/mol. The van der Waals surface area contributed by atoms with Crippen LogP contribution in [0, 0.1) is 0 Å². The van der Waals surface area contributed by atoms with Crippen LogP contribution in [-0.4, -0.2) is 16.9 Å². The maximum absolute atomic E-state index is 13.3. The van der Waals surface area contributed by atoms with E-state index < -0.39 is 5.97 Å². The fourth-order valence-electron chi connectivity index (χ4n) is 3.95. The lowest BCUT2D eigenvalue weighted by molar-refractivity contribution is 0.0693. The van der Waals surface area contributed by atoms with Crippen molar-refractivity contribution in [1.29, 1.82) is 0 Å². The summed E-state index contributed by atoms with van der Waals surface area (Å²) in [5, 5.41) is 15.8. The largest absolute Gasteiger partial charge is 0.478 e. The minimum atomic E-state index is -1.10. The molecule has 0 unspecified atom stereocenters. The van der Waals surface area contributed by atoms with E-state index in [2.05, 4.69) is 24.3 Å². The van der Waals surface area contributed by atoms with E-state index in [0.717, 1.165) is 32.3 Å². The van der Waals surface area contributed by atoms with Gasteiger partial charge >= 0.3 is 5.97 Å². The maximum atomic E-state index is 13.3. The topological polar surface area (TPSA) is 54.4 Å². The van der Waals surface area contributed by atoms with Crippen LogP contribution in [0.4, 0.5) is 0 Å². The first-order chi connectivity index (χ1) is 13.1. The third-order valence-electron chi connectivity index (χ3n) is 5.18. The van der Waals surface area contributed by atoms with Crippen LogP contribution in [0.1, 0.15) is 26.3 Å². The van der Waals surface area contributed by atoms with Gasteiger partial charge in [-0.3, -0.25) is 4.79 Å². The molecule has 0 aromatic heterocycles. The van der Waals surface area contributed by atoms with Crippen molar-refractivity contribution in [2.24, 2.45) is 0 Å². The van der Waals surface area contributed by atoms with Gasteiger partial charge < -0.3 is 5.11 Å². The Labute approximate surface area is 154 Å². The van der Waals surface area contributed by atoms with Crippen molar-refractivity contribution < 1.29 is 14.7 Å². The van der Waals surface area contributed by atoms with Crippen molar-refractivity contribution in [1.82, 2.24) is 0 Å². The zero-order valence-electron chi connectivity index (χ0n) is 14.3. The highest BCUT2D eigenvalue weighted by atomic mass is 16.4. The van der Waals surface area contributed by atoms with Crippen LogP contribution >= 0.6 is 0 Å². The predicted octanol–water partition coefficient (Wildman–Crippen LogP) is 5.51. The normalized spacial score (nSPS) is 11.4. The molecule has 1 N–H and O–H groups in total. The van der Waals surface area contributed by atoms with Crippen molar-refractivity contribution in [3.05, 3.63) is 95.6 Å². The van der Waals surface area contributed by atoms with Gasteiger partial charge in [0, 0.05) is 11.1 Å². The van der Waals surface area contributed by atoms with Gasteiger partial charge in [0.15, 0.2) is 5.78 Å². The van der Waals surface area contributed by atoms with E-state index >= 15 is 0 Å². The van der Waals surface area contributed by atoms with Gasteiger partial charge in [0.25, 0.3) is 0 Å². The van der Waals surface area contributed by atoms with E-state index in [1.165, 1.54) is 6.07 Å². The Hall–Kier alpha value is -3.72. The van der Waals surface area contributed by atoms with Crippen LogP contribution in [-0.2, 0) is 0 Å². The standard InChI is InChI=1S/C24H14O3/c25-23(18-6-1-2-7-20(18)24(26)27)19-13-11-16-9-8-14-4-3-5-15-10-12-17(19)22(16)21(14)15/h1-13H,(H,26,27). The van der Waals surface area contributed by atoms with Crippen molar-refractivity contribution >= 4 is 44.1 Å². The number of aromatic carboxylic acids is 1. The molecule has 0 fully saturated rings. The number of hydrogen-bond acceptors (Lipinski definition) is 2. The van der Waals surface area contributed by atoms with E-state index in [4.69, 9.17) is 0 Å². The monoisotopic (exact) mass is 350 g/mol. The first kappa shape index (κ1) is 15.5. The number of carboxylic acids is 1. The lowest BCUT2D eigenvalue weighted by Gasteiger charge is -2.14. The van der Waals surface area contributed by atoms with Gasteiger partial charge in [-0.1, -0.05) is 66.7 Å². The summed E-state index contributed by atoms with van der Waals surface area (Å²) in [5.41, 5.74) is 0.752. The fourth-order valence-corrected chi connectivity index (χ4v) is 3.95. The summed E-state index contributed by atoms with van der Waals surface area (Å²) in [6, 6.07) is 24.4. The summed E-state index contributed by atoms with van der Waals surface area (Å²) in [7, 11) is 0. The molecule has 5 aromatic rings. The Morgan fingerprint density at radius 1 is 0.556 bits per heavy atom. The second-order valence-corrected chi connectivity index (χ2v) is 6.65. The summed E-state index contributed by atoms with van der Waals surface area (Å²) in [5.74, 6) is -1.37. The molecular formula is C24H14O3. The Morgan fingerprint density at radius 2 is 1.15 bits per heavy atom. The second-order valence-electron chi connectivity index (χ2n) is 6.65. The van der Waals surface area contributed by atoms with E-state index in [9.17, 15) is 14.7 Å². The van der Waals surface area contributed by atoms with Crippen LogP contribution in [0.2, 0.25) is 0 Å². The molecule has 0 amide bonds. The summed E-state index contributed by atoms with van der Waals surface area (Å²) in [6.07, 6.45) is 0. The molecule has 0 aliphatic heterocycles. The number of ketones is 1. The highest BCUT2D eigenvalue weighted by Crippen LogP contribution is 2.36. The first-order valence-corrected chi connectivity index (χ1v) is 8.69. The van der Waals surface area contributed by atoms with Gasteiger partial charge in [-0.05, 0) is 44.5 Å². The summed E-state index contributed by atoms with van der Waals surface area (Å²) in [4.78, 5) is 24.8. The molecule has 0 atom stereocenters. The fraction of sp³-hybridized carbons (Fsp3) is 0. The summed E-state index contributed by atoms with van der Waals surface area (Å²) < 4.78 is 0. The van der Waals surface area contributed by atoms with Crippen LogP contribution in [0.25, 0.3) is 32.3 Å². The van der Waals surface area contributed by atoms with Gasteiger partial charge in [-0.2, -0.15) is 0 Å². The minimum Gasteiger partial charge on any atom is -0.478 e. The molecule has 5 aromatic carbocycles. The van der Waals surface area contributed by atoms with Crippen molar-refractivity contribution in [3.8, 4) is 0 Å². The molecule has 27 heavy (non-hydrogen) atoms. The number of hydrogen-bond donors (Lipinski definition) is 1. The van der Waals surface area contributed by atoms with Crippen LogP contribution < -0.4 is 0 Å². The molecule has 0 saturated carbocycles. The lowest BCUT2D eigenvalue weighted by Crippen LogP contribution is -2.10. The van der Waals surface area contributed by atoms with Crippen LogP contribution in [0.5, 0.6) is 0 Å². The van der Waals surface area contributed by atoms with Crippen molar-refractivity contribution in [2.45, 2.75) is 0 Å². The van der Waals surface area contributed by atoms with Crippen molar-refractivity contribution in [3.63, 3.8) is 0 Å². The molecule has 128 valence electrons. The molecular weight excluding hydrogens is 336 g/mol. The second kappa shape index (κ2) is 5.64. The smallest absolute Gasteiger partial charge is 0.336 e. The number of carboxylic acid groups (broad SMARTS) is 1. The van der Waals surface area contributed by atoms with Gasteiger partial charge in [-0.25, -0.2) is 4.79 Å². The maximum Gasteiger partial charge on any atom is 0.336 e. The molecule has 0 aliphatic carbocycles. The molecule has 0 aliphatic rings. The molecule has 0 heterocycles. The Kier molecular flexibility index (Phi) is 3.25. The van der Waals surface area contributed by atoms with Gasteiger partial charge in [-0.15, -0.1) is 0 Å². The highest BCUT2D eigenvalue weighted by Gasteiger charge is 2.20. The highest BCUT2D eigenvalue weighted by molar-refractivity contribution is 6.28. The molecule has 0 spiro atoms. The number of carbonyl (C=O) groups excluding carboxylic acids is 1. The van der Waals surface area contributed by atoms with E-state index in [1.807, 2.05) is 24.3 Å². The van der Waals surface area contributed by atoms with E-state index in [0.29, 0.717) is 5.56 Å². The van der Waals surface area contributed by atoms with Gasteiger partial charge in [0.1, 0.15) is 0 Å². The summed E-state index contributed by atoms with van der Waals surface area (Å²) in [6.45, 7) is 0. The average molecular weight is 350 g/mol. The molecule has 0 saturated heterocycles. The molecule has 3 heteroatoms. The molecule has 0 radical (unpaired) electrons. The third kappa shape index (κ3) is 2.22. The molecule has 0 bridgehead atoms. The number of benzene rings is 5. The zero-order chi connectivity index (χ0) is 18.5. The van der Waals surface area contributed by atoms with Crippen LogP contribution in [0.15, 0.2) is 78.9 Å². The van der Waals surface area contributed by atoms with E-state index in [-0.39, 0.29) is 16.9 Å². The Morgan fingerprint density at radius 3 is 1.85 bits per heavy atom.